The number of hydrogen-bond donors (Lipinski definition) is 1. The maximum atomic E-state index is 12.2. The van der Waals surface area contributed by atoms with Gasteiger partial charge in [0, 0.05) is 59.4 Å². The first-order valence-electron chi connectivity index (χ1n) is 9.23. The summed E-state index contributed by atoms with van der Waals surface area (Å²) in [5.74, 6) is 1.52. The molecule has 26 heavy (non-hydrogen) atoms. The topological polar surface area (TPSA) is 68.2 Å². The Morgan fingerprint density at radius 2 is 1.81 bits per heavy atom. The van der Waals surface area contributed by atoms with E-state index in [4.69, 9.17) is 0 Å². The van der Waals surface area contributed by atoms with Crippen LogP contribution in [0.3, 0.4) is 0 Å². The first-order valence-corrected chi connectivity index (χ1v) is 10.9. The van der Waals surface area contributed by atoms with Crippen molar-refractivity contribution in [3.63, 3.8) is 0 Å². The smallest absolute Gasteiger partial charge is 0.193 e. The second kappa shape index (κ2) is 9.88. The second-order valence-corrected chi connectivity index (χ2v) is 10.9. The van der Waals surface area contributed by atoms with Crippen molar-refractivity contribution in [3.8, 4) is 0 Å². The number of sulfone groups is 1. The predicted molar refractivity (Wildman–Crippen MR) is 119 cm³/mol. The van der Waals surface area contributed by atoms with Crippen molar-refractivity contribution < 1.29 is 8.42 Å². The zero-order valence-corrected chi connectivity index (χ0v) is 20.0. The molecule has 1 N–H and O–H groups in total. The summed E-state index contributed by atoms with van der Waals surface area (Å²) in [5, 5.41) is 3.45. The molecule has 0 amide bonds. The van der Waals surface area contributed by atoms with Crippen molar-refractivity contribution in [2.24, 2.45) is 10.9 Å². The molecule has 2 aliphatic heterocycles. The minimum absolute atomic E-state index is 0. The highest BCUT2D eigenvalue weighted by molar-refractivity contribution is 14.0. The Morgan fingerprint density at radius 3 is 2.35 bits per heavy atom. The summed E-state index contributed by atoms with van der Waals surface area (Å²) in [7, 11) is 0.915. The Balaban J connectivity index is 0.00000338. The molecule has 2 heterocycles. The van der Waals surface area contributed by atoms with Crippen LogP contribution in [0, 0.1) is 5.92 Å². The first-order chi connectivity index (χ1) is 11.6. The van der Waals surface area contributed by atoms with Crippen LogP contribution in [0.4, 0.5) is 0 Å². The Kier molecular flexibility index (Phi) is 9.09. The van der Waals surface area contributed by atoms with Gasteiger partial charge in [-0.3, -0.25) is 4.99 Å². The average Bonchev–Trinajstić information content (AvgIpc) is 2.53. The van der Waals surface area contributed by atoms with Crippen molar-refractivity contribution >= 4 is 39.8 Å². The number of guanidine groups is 1. The summed E-state index contributed by atoms with van der Waals surface area (Å²) in [6.07, 6.45) is 0. The number of nitrogens with one attached hydrogen (secondary N) is 1. The van der Waals surface area contributed by atoms with E-state index in [9.17, 15) is 8.42 Å². The predicted octanol–water partition coefficient (Wildman–Crippen LogP) is 0.572. The van der Waals surface area contributed by atoms with Gasteiger partial charge in [-0.2, -0.15) is 0 Å². The molecular weight excluding hydrogens is 465 g/mol. The molecule has 1 atom stereocenters. The van der Waals surface area contributed by atoms with E-state index in [0.29, 0.717) is 19.0 Å². The van der Waals surface area contributed by atoms with E-state index in [1.54, 1.807) is 20.9 Å². The molecule has 0 aromatic heterocycles. The lowest BCUT2D eigenvalue weighted by molar-refractivity contribution is 0.139. The summed E-state index contributed by atoms with van der Waals surface area (Å²) >= 11 is 0. The fourth-order valence-corrected chi connectivity index (χ4v) is 4.82. The molecule has 154 valence electrons. The molecule has 0 aromatic rings. The molecule has 2 rings (SSSR count). The average molecular weight is 501 g/mol. The number of piperazine rings is 1. The summed E-state index contributed by atoms with van der Waals surface area (Å²) < 4.78 is 23.6. The normalized spacial score (nSPS) is 25.4. The van der Waals surface area contributed by atoms with Gasteiger partial charge in [0.05, 0.1) is 10.5 Å². The lowest BCUT2D eigenvalue weighted by Crippen LogP contribution is -2.57. The number of likely N-dealkylation sites (N-methyl/N-ethyl adjacent to an activating group) is 1. The zero-order valence-electron chi connectivity index (χ0n) is 16.9. The van der Waals surface area contributed by atoms with E-state index < -0.39 is 14.6 Å². The van der Waals surface area contributed by atoms with Crippen LogP contribution >= 0.6 is 24.0 Å². The van der Waals surface area contributed by atoms with Crippen LogP contribution in [-0.2, 0) is 9.84 Å². The molecule has 0 aromatic carbocycles. The third kappa shape index (κ3) is 6.20. The highest BCUT2D eigenvalue weighted by Crippen LogP contribution is 2.23. The van der Waals surface area contributed by atoms with E-state index in [-0.39, 0.29) is 29.7 Å². The maximum Gasteiger partial charge on any atom is 0.193 e. The minimum atomic E-state index is -3.03. The molecule has 0 saturated carbocycles. The van der Waals surface area contributed by atoms with Crippen molar-refractivity contribution in [2.75, 3.05) is 72.2 Å². The highest BCUT2D eigenvalue weighted by Gasteiger charge is 2.40. The Labute approximate surface area is 176 Å². The van der Waals surface area contributed by atoms with Crippen LogP contribution < -0.4 is 5.32 Å². The summed E-state index contributed by atoms with van der Waals surface area (Å²) in [6.45, 7) is 13.3. The Morgan fingerprint density at radius 1 is 1.19 bits per heavy atom. The molecule has 2 aliphatic rings. The summed E-state index contributed by atoms with van der Waals surface area (Å²) in [6, 6.07) is 0. The van der Waals surface area contributed by atoms with E-state index in [0.717, 1.165) is 45.2 Å². The van der Waals surface area contributed by atoms with Crippen LogP contribution in [0.25, 0.3) is 0 Å². The number of hydrogen-bond acceptors (Lipinski definition) is 5. The molecule has 0 aliphatic carbocycles. The fraction of sp³-hybridized carbons (Fsp3) is 0.941. The molecule has 2 fully saturated rings. The van der Waals surface area contributed by atoms with Gasteiger partial charge in [0.15, 0.2) is 15.8 Å². The van der Waals surface area contributed by atoms with Crippen LogP contribution in [0.1, 0.15) is 20.8 Å². The van der Waals surface area contributed by atoms with Gasteiger partial charge in [0.1, 0.15) is 0 Å². The van der Waals surface area contributed by atoms with E-state index in [1.165, 1.54) is 0 Å². The third-order valence-electron chi connectivity index (χ3n) is 5.33. The second-order valence-electron chi connectivity index (χ2n) is 8.14. The molecule has 9 heteroatoms. The molecule has 1 unspecified atom stereocenters. The lowest BCUT2D eigenvalue weighted by Gasteiger charge is -2.39. The first kappa shape index (κ1) is 23.9. The zero-order chi connectivity index (χ0) is 18.7. The van der Waals surface area contributed by atoms with Gasteiger partial charge in [-0.1, -0.05) is 6.92 Å². The third-order valence-corrected chi connectivity index (χ3v) is 7.86. The summed E-state index contributed by atoms with van der Waals surface area (Å²) in [5.41, 5.74) is 0. The van der Waals surface area contributed by atoms with Gasteiger partial charge >= 0.3 is 0 Å². The molecule has 0 spiro atoms. The minimum Gasteiger partial charge on any atom is -0.356 e. The van der Waals surface area contributed by atoms with Gasteiger partial charge < -0.3 is 20.0 Å². The molecule has 7 nitrogen and oxygen atoms in total. The van der Waals surface area contributed by atoms with Crippen LogP contribution in [0.5, 0.6) is 0 Å². The van der Waals surface area contributed by atoms with Crippen LogP contribution in [0.15, 0.2) is 4.99 Å². The number of halogens is 1. The maximum absolute atomic E-state index is 12.2. The largest absolute Gasteiger partial charge is 0.356 e. The van der Waals surface area contributed by atoms with Gasteiger partial charge in [0.25, 0.3) is 0 Å². The summed E-state index contributed by atoms with van der Waals surface area (Å²) in [4.78, 5) is 11.3. The standard InChI is InChI=1S/C17H35N5O2S.HI/c1-15(13-21-8-6-20(5)7-9-21)12-19-16(18-4)22-10-11-25(23,24)17(2,3)14-22;/h15H,6-14H2,1-5H3,(H,18,19);1H. The highest BCUT2D eigenvalue weighted by atomic mass is 127. The van der Waals surface area contributed by atoms with Crippen molar-refractivity contribution in [1.29, 1.82) is 0 Å². The Bertz CT molecular complexity index is 574. The van der Waals surface area contributed by atoms with Crippen molar-refractivity contribution in [2.45, 2.75) is 25.5 Å². The molecule has 0 radical (unpaired) electrons. The van der Waals surface area contributed by atoms with Gasteiger partial charge in [-0.05, 0) is 26.8 Å². The Hall–Kier alpha value is -0.130. The number of nitrogens with zero attached hydrogens (tertiary/aromatic N) is 4. The van der Waals surface area contributed by atoms with Crippen molar-refractivity contribution in [3.05, 3.63) is 0 Å². The van der Waals surface area contributed by atoms with E-state index in [1.807, 2.05) is 0 Å². The SMILES string of the molecule is CN=C(NCC(C)CN1CCN(C)CC1)N1CCS(=O)(=O)C(C)(C)C1.I. The molecule has 2 saturated heterocycles. The quantitative estimate of drug-likeness (QED) is 0.345. The van der Waals surface area contributed by atoms with Gasteiger partial charge in [0.2, 0.25) is 0 Å². The van der Waals surface area contributed by atoms with Gasteiger partial charge in [-0.25, -0.2) is 8.42 Å². The van der Waals surface area contributed by atoms with Crippen LogP contribution in [0.2, 0.25) is 0 Å². The molecular formula is C17H36IN5O2S. The molecule has 0 bridgehead atoms. The lowest BCUT2D eigenvalue weighted by atomic mass is 10.1. The monoisotopic (exact) mass is 501 g/mol. The van der Waals surface area contributed by atoms with E-state index in [2.05, 4.69) is 39.0 Å². The van der Waals surface area contributed by atoms with Crippen LogP contribution in [-0.4, -0.2) is 106 Å². The van der Waals surface area contributed by atoms with E-state index >= 15 is 0 Å². The van der Waals surface area contributed by atoms with Crippen molar-refractivity contribution in [1.82, 2.24) is 20.0 Å². The number of rotatable bonds is 4. The fourth-order valence-electron chi connectivity index (χ4n) is 3.46. The number of aliphatic imine (C=N–C) groups is 1. The van der Waals surface area contributed by atoms with Gasteiger partial charge in [-0.15, -0.1) is 24.0 Å².